The van der Waals surface area contributed by atoms with Gasteiger partial charge in [0.2, 0.25) is 0 Å². The van der Waals surface area contributed by atoms with Gasteiger partial charge in [0.1, 0.15) is 0 Å². The summed E-state index contributed by atoms with van der Waals surface area (Å²) in [5.41, 5.74) is 1.27. The number of nitrogens with zero attached hydrogens (tertiary/aromatic N) is 1. The van der Waals surface area contributed by atoms with Gasteiger partial charge in [0, 0.05) is 29.7 Å². The molecule has 1 atom stereocenters. The number of nitrogens with one attached hydrogen (secondary N) is 1. The van der Waals surface area contributed by atoms with E-state index in [4.69, 9.17) is 11.6 Å². The molecule has 4 heteroatoms. The first-order chi connectivity index (χ1) is 7.81. The number of aromatic nitrogens is 1. The van der Waals surface area contributed by atoms with Crippen molar-refractivity contribution in [3.63, 3.8) is 0 Å². The van der Waals surface area contributed by atoms with E-state index >= 15 is 0 Å². The molecule has 0 aliphatic carbocycles. The maximum Gasteiger partial charge on any atom is 0.0931 e. The fourth-order valence-corrected chi connectivity index (χ4v) is 2.89. The minimum Gasteiger partial charge on any atom is -0.319 e. The van der Waals surface area contributed by atoms with Crippen LogP contribution in [0.25, 0.3) is 0 Å². The molecule has 0 radical (unpaired) electrons. The minimum absolute atomic E-state index is 0.352. The number of hydrogen-bond donors (Lipinski definition) is 1. The first-order valence-electron chi connectivity index (χ1n) is 5.11. The fraction of sp³-hybridized carbons (Fsp3) is 0.250. The molecule has 0 bridgehead atoms. The van der Waals surface area contributed by atoms with Gasteiger partial charge >= 0.3 is 0 Å². The van der Waals surface area contributed by atoms with Crippen molar-refractivity contribution in [3.8, 4) is 0 Å². The third-order valence-corrected chi connectivity index (χ3v) is 3.80. The number of halogens is 1. The van der Waals surface area contributed by atoms with Crippen LogP contribution in [-0.2, 0) is 0 Å². The highest BCUT2D eigenvalue weighted by molar-refractivity contribution is 7.16. The Morgan fingerprint density at radius 2 is 2.06 bits per heavy atom. The summed E-state index contributed by atoms with van der Waals surface area (Å²) in [6, 6.07) is 8.14. The summed E-state index contributed by atoms with van der Waals surface area (Å²) in [6.07, 6.45) is 3.65. The molecular formula is C12H13ClN2S. The van der Waals surface area contributed by atoms with E-state index in [1.54, 1.807) is 11.3 Å². The van der Waals surface area contributed by atoms with Crippen LogP contribution >= 0.6 is 22.9 Å². The van der Waals surface area contributed by atoms with Gasteiger partial charge in [-0.25, -0.2) is 0 Å². The van der Waals surface area contributed by atoms with Gasteiger partial charge in [-0.15, -0.1) is 11.3 Å². The average molecular weight is 253 g/mol. The van der Waals surface area contributed by atoms with E-state index < -0.39 is 0 Å². The fourth-order valence-electron chi connectivity index (χ4n) is 1.70. The number of likely N-dealkylation sites (N-methyl/N-ethyl adjacent to an activating group) is 1. The summed E-state index contributed by atoms with van der Waals surface area (Å²) in [5.74, 6) is 0.352. The van der Waals surface area contributed by atoms with Crippen molar-refractivity contribution in [1.29, 1.82) is 0 Å². The van der Waals surface area contributed by atoms with Crippen LogP contribution in [-0.4, -0.2) is 18.6 Å². The van der Waals surface area contributed by atoms with Gasteiger partial charge < -0.3 is 5.32 Å². The molecule has 0 aliphatic rings. The maximum atomic E-state index is 5.98. The molecule has 0 aliphatic heterocycles. The summed E-state index contributed by atoms with van der Waals surface area (Å²) in [7, 11) is 1.96. The summed E-state index contributed by atoms with van der Waals surface area (Å²) in [6.45, 7) is 0.904. The summed E-state index contributed by atoms with van der Waals surface area (Å²) >= 11 is 7.61. The number of rotatable bonds is 4. The molecule has 2 nitrogen and oxygen atoms in total. The highest BCUT2D eigenvalue weighted by atomic mass is 35.5. The van der Waals surface area contributed by atoms with Crippen LogP contribution in [0.2, 0.25) is 4.34 Å². The normalized spacial score (nSPS) is 12.6. The Hall–Kier alpha value is -0.900. The zero-order valence-electron chi connectivity index (χ0n) is 8.98. The summed E-state index contributed by atoms with van der Waals surface area (Å²) < 4.78 is 0.838. The summed E-state index contributed by atoms with van der Waals surface area (Å²) in [4.78, 5) is 5.33. The van der Waals surface area contributed by atoms with Crippen molar-refractivity contribution in [2.45, 2.75) is 5.92 Å². The van der Waals surface area contributed by atoms with Crippen LogP contribution < -0.4 is 5.32 Å². The van der Waals surface area contributed by atoms with Crippen molar-refractivity contribution < 1.29 is 0 Å². The molecule has 0 amide bonds. The van der Waals surface area contributed by atoms with Crippen molar-refractivity contribution in [1.82, 2.24) is 10.3 Å². The van der Waals surface area contributed by atoms with Crippen LogP contribution in [0.15, 0.2) is 36.7 Å². The van der Waals surface area contributed by atoms with Gasteiger partial charge in [-0.2, -0.15) is 0 Å². The van der Waals surface area contributed by atoms with E-state index in [9.17, 15) is 0 Å². The molecule has 84 valence electrons. The Bertz CT molecular complexity index is 441. The predicted octanol–water partition coefficient (Wildman–Crippen LogP) is 3.15. The summed E-state index contributed by atoms with van der Waals surface area (Å²) in [5, 5.41) is 3.22. The predicted molar refractivity (Wildman–Crippen MR) is 69.3 cm³/mol. The van der Waals surface area contributed by atoms with Gasteiger partial charge in [-0.05, 0) is 36.9 Å². The molecule has 1 unspecified atom stereocenters. The monoisotopic (exact) mass is 252 g/mol. The van der Waals surface area contributed by atoms with Crippen LogP contribution in [0.5, 0.6) is 0 Å². The van der Waals surface area contributed by atoms with Crippen LogP contribution in [0.3, 0.4) is 0 Å². The molecular weight excluding hydrogens is 240 g/mol. The van der Waals surface area contributed by atoms with Gasteiger partial charge in [0.05, 0.1) is 4.34 Å². The Morgan fingerprint density at radius 3 is 2.62 bits per heavy atom. The van der Waals surface area contributed by atoms with Gasteiger partial charge in [0.25, 0.3) is 0 Å². The van der Waals surface area contributed by atoms with Crippen molar-refractivity contribution >= 4 is 22.9 Å². The van der Waals surface area contributed by atoms with E-state index in [0.717, 1.165) is 10.9 Å². The minimum atomic E-state index is 0.352. The smallest absolute Gasteiger partial charge is 0.0931 e. The van der Waals surface area contributed by atoms with Crippen LogP contribution in [0.1, 0.15) is 16.4 Å². The maximum absolute atomic E-state index is 5.98. The lowest BCUT2D eigenvalue weighted by Crippen LogP contribution is -2.17. The molecule has 2 rings (SSSR count). The molecule has 0 spiro atoms. The Balaban J connectivity index is 2.31. The Labute approximate surface area is 104 Å². The molecule has 0 fully saturated rings. The largest absolute Gasteiger partial charge is 0.319 e. The quantitative estimate of drug-likeness (QED) is 0.904. The molecule has 2 heterocycles. The lowest BCUT2D eigenvalue weighted by molar-refractivity contribution is 0.716. The van der Waals surface area contributed by atoms with Gasteiger partial charge in [-0.3, -0.25) is 4.98 Å². The SMILES string of the molecule is CNCC(c1ccncc1)c1ccc(Cl)s1. The van der Waals surface area contributed by atoms with Crippen molar-refractivity contribution in [2.24, 2.45) is 0 Å². The van der Waals surface area contributed by atoms with Crippen LogP contribution in [0.4, 0.5) is 0 Å². The second-order valence-electron chi connectivity index (χ2n) is 3.53. The first kappa shape index (κ1) is 11.6. The molecule has 2 aromatic rings. The number of hydrogen-bond acceptors (Lipinski definition) is 3. The van der Waals surface area contributed by atoms with Crippen LogP contribution in [0, 0.1) is 0 Å². The molecule has 0 aromatic carbocycles. The molecule has 16 heavy (non-hydrogen) atoms. The molecule has 1 N–H and O–H groups in total. The van der Waals surface area contributed by atoms with Crippen molar-refractivity contribution in [2.75, 3.05) is 13.6 Å². The van der Waals surface area contributed by atoms with Crippen molar-refractivity contribution in [3.05, 3.63) is 51.4 Å². The average Bonchev–Trinajstić information content (AvgIpc) is 2.74. The topological polar surface area (TPSA) is 24.9 Å². The van der Waals surface area contributed by atoms with Gasteiger partial charge in [-0.1, -0.05) is 11.6 Å². The molecule has 0 saturated heterocycles. The third kappa shape index (κ3) is 2.61. The lowest BCUT2D eigenvalue weighted by atomic mass is 9.99. The Kier molecular flexibility index (Phi) is 3.93. The zero-order chi connectivity index (χ0) is 11.4. The molecule has 2 aromatic heterocycles. The highest BCUT2D eigenvalue weighted by Crippen LogP contribution is 2.31. The second-order valence-corrected chi connectivity index (χ2v) is 5.28. The van der Waals surface area contributed by atoms with Gasteiger partial charge in [0.15, 0.2) is 0 Å². The molecule has 0 saturated carbocycles. The number of pyridine rings is 1. The van der Waals surface area contributed by atoms with E-state index in [1.807, 2.05) is 25.5 Å². The highest BCUT2D eigenvalue weighted by Gasteiger charge is 2.15. The zero-order valence-corrected chi connectivity index (χ0v) is 10.6. The standard InChI is InChI=1S/C12H13ClN2S/c1-14-8-10(9-4-6-15-7-5-9)11-2-3-12(13)16-11/h2-7,10,14H,8H2,1H3. The lowest BCUT2D eigenvalue weighted by Gasteiger charge is -2.14. The first-order valence-corrected chi connectivity index (χ1v) is 6.30. The third-order valence-electron chi connectivity index (χ3n) is 2.45. The van der Waals surface area contributed by atoms with E-state index in [0.29, 0.717) is 5.92 Å². The number of thiophene rings is 1. The van der Waals surface area contributed by atoms with E-state index in [1.165, 1.54) is 10.4 Å². The van der Waals surface area contributed by atoms with E-state index in [-0.39, 0.29) is 0 Å². The Morgan fingerprint density at radius 1 is 1.31 bits per heavy atom. The second kappa shape index (κ2) is 5.43. The van der Waals surface area contributed by atoms with E-state index in [2.05, 4.69) is 28.5 Å².